The standard InChI is InChI=1S/C16H23N3O4/c1-20-9-7-19(8-10-21-2)16-12-5-6-13(22-3)15(23-4)14(12)17-11-18-16/h5-6,11H,7-10H2,1-4H3. The minimum atomic E-state index is 0.600. The average molecular weight is 321 g/mol. The highest BCUT2D eigenvalue weighted by Gasteiger charge is 2.17. The zero-order valence-electron chi connectivity index (χ0n) is 14.0. The van der Waals surface area contributed by atoms with Crippen molar-refractivity contribution in [2.45, 2.75) is 0 Å². The number of hydrogen-bond donors (Lipinski definition) is 0. The van der Waals surface area contributed by atoms with Crippen molar-refractivity contribution in [3.05, 3.63) is 18.5 Å². The van der Waals surface area contributed by atoms with Crippen LogP contribution in [0.2, 0.25) is 0 Å². The van der Waals surface area contributed by atoms with Crippen LogP contribution in [0, 0.1) is 0 Å². The van der Waals surface area contributed by atoms with Gasteiger partial charge < -0.3 is 23.8 Å². The van der Waals surface area contributed by atoms with Gasteiger partial charge in [-0.3, -0.25) is 0 Å². The van der Waals surface area contributed by atoms with E-state index >= 15 is 0 Å². The van der Waals surface area contributed by atoms with E-state index in [0.29, 0.717) is 37.8 Å². The van der Waals surface area contributed by atoms with Crippen LogP contribution in [0.3, 0.4) is 0 Å². The summed E-state index contributed by atoms with van der Waals surface area (Å²) in [6.07, 6.45) is 1.53. The second-order valence-corrected chi connectivity index (χ2v) is 4.87. The summed E-state index contributed by atoms with van der Waals surface area (Å²) in [6.45, 7) is 2.62. The molecule has 0 radical (unpaired) electrons. The molecule has 2 rings (SSSR count). The molecule has 1 heterocycles. The molecule has 0 N–H and O–H groups in total. The van der Waals surface area contributed by atoms with Gasteiger partial charge in [-0.15, -0.1) is 0 Å². The summed E-state index contributed by atoms with van der Waals surface area (Å²) in [5.41, 5.74) is 0.719. The molecule has 0 amide bonds. The van der Waals surface area contributed by atoms with E-state index in [1.54, 1.807) is 28.4 Å². The highest BCUT2D eigenvalue weighted by molar-refractivity contribution is 5.95. The van der Waals surface area contributed by atoms with Gasteiger partial charge in [0.15, 0.2) is 11.5 Å². The van der Waals surface area contributed by atoms with Gasteiger partial charge in [0.2, 0.25) is 0 Å². The summed E-state index contributed by atoms with van der Waals surface area (Å²) in [4.78, 5) is 10.9. The quantitative estimate of drug-likeness (QED) is 0.697. The highest BCUT2D eigenvalue weighted by Crippen LogP contribution is 2.36. The Bertz CT molecular complexity index is 628. The van der Waals surface area contributed by atoms with E-state index in [9.17, 15) is 0 Å². The summed E-state index contributed by atoms with van der Waals surface area (Å²) in [5, 5.41) is 0.900. The fourth-order valence-corrected chi connectivity index (χ4v) is 2.41. The number of rotatable bonds is 9. The van der Waals surface area contributed by atoms with E-state index in [1.165, 1.54) is 6.33 Å². The molecule has 0 atom stereocenters. The molecule has 7 nitrogen and oxygen atoms in total. The Kier molecular flexibility index (Phi) is 6.37. The van der Waals surface area contributed by atoms with Crippen LogP contribution < -0.4 is 14.4 Å². The molecule has 1 aromatic heterocycles. The van der Waals surface area contributed by atoms with E-state index in [1.807, 2.05) is 12.1 Å². The third kappa shape index (κ3) is 3.80. The van der Waals surface area contributed by atoms with E-state index in [0.717, 1.165) is 16.7 Å². The maximum Gasteiger partial charge on any atom is 0.187 e. The third-order valence-corrected chi connectivity index (χ3v) is 3.56. The smallest absolute Gasteiger partial charge is 0.187 e. The van der Waals surface area contributed by atoms with Gasteiger partial charge in [0.25, 0.3) is 0 Å². The number of aromatic nitrogens is 2. The lowest BCUT2D eigenvalue weighted by molar-refractivity contribution is 0.190. The Morgan fingerprint density at radius 1 is 0.913 bits per heavy atom. The Balaban J connectivity index is 2.49. The lowest BCUT2D eigenvalue weighted by Gasteiger charge is -2.24. The second-order valence-electron chi connectivity index (χ2n) is 4.87. The molecule has 23 heavy (non-hydrogen) atoms. The van der Waals surface area contributed by atoms with E-state index in [2.05, 4.69) is 14.9 Å². The summed E-state index contributed by atoms with van der Waals surface area (Å²) < 4.78 is 21.2. The lowest BCUT2D eigenvalue weighted by atomic mass is 10.2. The van der Waals surface area contributed by atoms with Crippen molar-refractivity contribution in [2.75, 3.05) is 59.6 Å². The van der Waals surface area contributed by atoms with Crippen LogP contribution in [0.5, 0.6) is 11.5 Å². The molecule has 2 aromatic rings. The van der Waals surface area contributed by atoms with Gasteiger partial charge in [-0.25, -0.2) is 9.97 Å². The van der Waals surface area contributed by atoms with Crippen LogP contribution in [0.4, 0.5) is 5.82 Å². The molecule has 0 saturated carbocycles. The first-order valence-corrected chi connectivity index (χ1v) is 7.35. The van der Waals surface area contributed by atoms with Gasteiger partial charge in [0, 0.05) is 32.7 Å². The van der Waals surface area contributed by atoms with Crippen molar-refractivity contribution in [1.29, 1.82) is 0 Å². The summed E-state index contributed by atoms with van der Waals surface area (Å²) >= 11 is 0. The molecule has 7 heteroatoms. The van der Waals surface area contributed by atoms with E-state index in [-0.39, 0.29) is 0 Å². The number of methoxy groups -OCH3 is 4. The van der Waals surface area contributed by atoms with Gasteiger partial charge in [-0.1, -0.05) is 0 Å². The van der Waals surface area contributed by atoms with Crippen LogP contribution in [0.25, 0.3) is 10.9 Å². The topological polar surface area (TPSA) is 65.9 Å². The Hall–Kier alpha value is -2.12. The minimum Gasteiger partial charge on any atom is -0.493 e. The monoisotopic (exact) mass is 321 g/mol. The molecule has 0 bridgehead atoms. The molecular weight excluding hydrogens is 298 g/mol. The van der Waals surface area contributed by atoms with Crippen molar-refractivity contribution >= 4 is 16.7 Å². The number of benzene rings is 1. The van der Waals surface area contributed by atoms with E-state index in [4.69, 9.17) is 18.9 Å². The van der Waals surface area contributed by atoms with Crippen LogP contribution >= 0.6 is 0 Å². The van der Waals surface area contributed by atoms with Crippen LogP contribution in [-0.2, 0) is 9.47 Å². The Labute approximate surface area is 136 Å². The average Bonchev–Trinajstić information content (AvgIpc) is 2.60. The Morgan fingerprint density at radius 2 is 1.61 bits per heavy atom. The summed E-state index contributed by atoms with van der Waals surface area (Å²) in [5.74, 6) is 2.07. The molecule has 0 fully saturated rings. The molecule has 0 aliphatic rings. The number of anilines is 1. The molecular formula is C16H23N3O4. The molecule has 0 aliphatic heterocycles. The molecule has 1 aromatic carbocycles. The van der Waals surface area contributed by atoms with Crippen molar-refractivity contribution in [1.82, 2.24) is 9.97 Å². The van der Waals surface area contributed by atoms with Gasteiger partial charge >= 0.3 is 0 Å². The largest absolute Gasteiger partial charge is 0.493 e. The molecule has 0 aliphatic carbocycles. The number of ether oxygens (including phenoxy) is 4. The van der Waals surface area contributed by atoms with Crippen LogP contribution in [0.1, 0.15) is 0 Å². The van der Waals surface area contributed by atoms with Gasteiger partial charge in [-0.05, 0) is 12.1 Å². The van der Waals surface area contributed by atoms with Crippen molar-refractivity contribution in [3.63, 3.8) is 0 Å². The second kappa shape index (κ2) is 8.50. The molecule has 126 valence electrons. The third-order valence-electron chi connectivity index (χ3n) is 3.56. The normalized spacial score (nSPS) is 10.8. The first-order chi connectivity index (χ1) is 11.3. The highest BCUT2D eigenvalue weighted by atomic mass is 16.5. The maximum absolute atomic E-state index is 5.46. The number of nitrogens with zero attached hydrogens (tertiary/aromatic N) is 3. The Morgan fingerprint density at radius 3 is 2.17 bits per heavy atom. The predicted molar refractivity (Wildman–Crippen MR) is 88.6 cm³/mol. The van der Waals surface area contributed by atoms with Gasteiger partial charge in [0.1, 0.15) is 17.7 Å². The molecule has 0 saturated heterocycles. The molecule has 0 spiro atoms. The molecule has 0 unspecified atom stereocenters. The van der Waals surface area contributed by atoms with Crippen LogP contribution in [0.15, 0.2) is 18.5 Å². The minimum absolute atomic E-state index is 0.600. The fourth-order valence-electron chi connectivity index (χ4n) is 2.41. The summed E-state index contributed by atoms with van der Waals surface area (Å²) in [7, 11) is 6.57. The summed E-state index contributed by atoms with van der Waals surface area (Å²) in [6, 6.07) is 3.80. The zero-order valence-corrected chi connectivity index (χ0v) is 14.0. The first-order valence-electron chi connectivity index (χ1n) is 7.35. The van der Waals surface area contributed by atoms with Gasteiger partial charge in [0.05, 0.1) is 27.4 Å². The predicted octanol–water partition coefficient (Wildman–Crippen LogP) is 1.75. The maximum atomic E-state index is 5.46. The first kappa shape index (κ1) is 17.2. The lowest BCUT2D eigenvalue weighted by Crippen LogP contribution is -2.31. The van der Waals surface area contributed by atoms with Crippen molar-refractivity contribution in [3.8, 4) is 11.5 Å². The zero-order chi connectivity index (χ0) is 16.7. The van der Waals surface area contributed by atoms with Crippen LogP contribution in [-0.4, -0.2) is 64.7 Å². The van der Waals surface area contributed by atoms with Crippen molar-refractivity contribution in [2.24, 2.45) is 0 Å². The van der Waals surface area contributed by atoms with E-state index < -0.39 is 0 Å². The fraction of sp³-hybridized carbons (Fsp3) is 0.500. The number of fused-ring (bicyclic) bond motifs is 1. The number of hydrogen-bond acceptors (Lipinski definition) is 7. The van der Waals surface area contributed by atoms with Gasteiger partial charge in [-0.2, -0.15) is 0 Å². The van der Waals surface area contributed by atoms with Crippen molar-refractivity contribution < 1.29 is 18.9 Å². The SMILES string of the molecule is COCCN(CCOC)c1ncnc2c(OC)c(OC)ccc12.